The largest absolute Gasteiger partial charge is 0.315 e. The molecule has 0 radical (unpaired) electrons. The first-order valence-corrected chi connectivity index (χ1v) is 10.1. The standard InChI is InChI=1S/C20H19BrN4OS/c1-3-13-25-19(15-9-11-16(21)12-10-15)22-23-20(25)27-14-18(26)24(2)17-7-5-4-6-8-17/h3-12H,1,13-14H2,2H3. The number of para-hydroxylation sites is 1. The van der Waals surface area contributed by atoms with Crippen LogP contribution in [0.2, 0.25) is 0 Å². The Balaban J connectivity index is 1.76. The highest BCUT2D eigenvalue weighted by Crippen LogP contribution is 2.26. The second kappa shape index (κ2) is 9.01. The average molecular weight is 443 g/mol. The molecule has 3 aromatic rings. The van der Waals surface area contributed by atoms with Gasteiger partial charge in [0.25, 0.3) is 0 Å². The van der Waals surface area contributed by atoms with Gasteiger partial charge in [0.05, 0.1) is 5.75 Å². The summed E-state index contributed by atoms with van der Waals surface area (Å²) in [4.78, 5) is 14.2. The molecule has 0 spiro atoms. The van der Waals surface area contributed by atoms with Crippen LogP contribution in [-0.4, -0.2) is 33.5 Å². The van der Waals surface area contributed by atoms with E-state index in [1.165, 1.54) is 11.8 Å². The molecule has 138 valence electrons. The fourth-order valence-electron chi connectivity index (χ4n) is 2.52. The van der Waals surface area contributed by atoms with Crippen LogP contribution < -0.4 is 4.90 Å². The highest BCUT2D eigenvalue weighted by molar-refractivity contribution is 9.10. The maximum Gasteiger partial charge on any atom is 0.237 e. The predicted octanol–water partition coefficient (Wildman–Crippen LogP) is 4.65. The Morgan fingerprint density at radius 2 is 1.89 bits per heavy atom. The molecule has 0 atom stereocenters. The highest BCUT2D eigenvalue weighted by atomic mass is 79.9. The Kier molecular flexibility index (Phi) is 6.47. The van der Waals surface area contributed by atoms with Crippen LogP contribution in [0.1, 0.15) is 0 Å². The fraction of sp³-hybridized carbons (Fsp3) is 0.150. The molecule has 1 aromatic heterocycles. The van der Waals surface area contributed by atoms with Crippen molar-refractivity contribution >= 4 is 39.3 Å². The third kappa shape index (κ3) is 4.67. The number of benzene rings is 2. The van der Waals surface area contributed by atoms with Gasteiger partial charge in [-0.1, -0.05) is 64.1 Å². The van der Waals surface area contributed by atoms with Gasteiger partial charge in [0.2, 0.25) is 5.91 Å². The molecule has 0 unspecified atom stereocenters. The molecular formula is C20H19BrN4OS. The molecular weight excluding hydrogens is 424 g/mol. The number of rotatable bonds is 7. The maximum atomic E-state index is 12.5. The van der Waals surface area contributed by atoms with Crippen LogP contribution in [0.4, 0.5) is 5.69 Å². The summed E-state index contributed by atoms with van der Waals surface area (Å²) >= 11 is 4.82. The summed E-state index contributed by atoms with van der Waals surface area (Å²) in [5.74, 6) is 1.04. The molecule has 0 N–H and O–H groups in total. The lowest BCUT2D eigenvalue weighted by Gasteiger charge is -2.17. The van der Waals surface area contributed by atoms with E-state index in [1.54, 1.807) is 18.0 Å². The van der Waals surface area contributed by atoms with Crippen LogP contribution >= 0.6 is 27.7 Å². The Morgan fingerprint density at radius 3 is 2.56 bits per heavy atom. The van der Waals surface area contributed by atoms with Gasteiger partial charge in [-0.15, -0.1) is 16.8 Å². The van der Waals surface area contributed by atoms with Crippen LogP contribution in [0.5, 0.6) is 0 Å². The number of allylic oxidation sites excluding steroid dienone is 1. The van der Waals surface area contributed by atoms with Crippen molar-refractivity contribution in [2.75, 3.05) is 17.7 Å². The number of thioether (sulfide) groups is 1. The van der Waals surface area contributed by atoms with Gasteiger partial charge in [-0.2, -0.15) is 0 Å². The first-order chi connectivity index (χ1) is 13.1. The van der Waals surface area contributed by atoms with Crippen molar-refractivity contribution in [3.63, 3.8) is 0 Å². The predicted molar refractivity (Wildman–Crippen MR) is 114 cm³/mol. The molecule has 0 fully saturated rings. The van der Waals surface area contributed by atoms with Crippen molar-refractivity contribution in [3.8, 4) is 11.4 Å². The molecule has 7 heteroatoms. The molecule has 3 rings (SSSR count). The number of hydrogen-bond donors (Lipinski definition) is 0. The minimum absolute atomic E-state index is 0.00421. The third-order valence-electron chi connectivity index (χ3n) is 3.97. The van der Waals surface area contributed by atoms with Crippen molar-refractivity contribution in [3.05, 3.63) is 71.7 Å². The minimum atomic E-state index is 0.00421. The second-order valence-corrected chi connectivity index (χ2v) is 7.65. The van der Waals surface area contributed by atoms with Crippen molar-refractivity contribution in [1.82, 2.24) is 14.8 Å². The average Bonchev–Trinajstić information content (AvgIpc) is 3.09. The molecule has 0 aliphatic rings. The zero-order chi connectivity index (χ0) is 19.2. The van der Waals surface area contributed by atoms with Gasteiger partial charge in [0, 0.05) is 29.3 Å². The minimum Gasteiger partial charge on any atom is -0.315 e. The van der Waals surface area contributed by atoms with Gasteiger partial charge in [-0.3, -0.25) is 9.36 Å². The summed E-state index contributed by atoms with van der Waals surface area (Å²) in [5, 5.41) is 9.30. The Hall–Kier alpha value is -2.38. The number of carbonyl (C=O) groups excluding carboxylic acids is 1. The molecule has 5 nitrogen and oxygen atoms in total. The Bertz CT molecular complexity index is 925. The lowest BCUT2D eigenvalue weighted by atomic mass is 10.2. The molecule has 0 aliphatic carbocycles. The van der Waals surface area contributed by atoms with Gasteiger partial charge < -0.3 is 4.90 Å². The summed E-state index contributed by atoms with van der Waals surface area (Å²) in [6, 6.07) is 17.5. The van der Waals surface area contributed by atoms with Gasteiger partial charge >= 0.3 is 0 Å². The van der Waals surface area contributed by atoms with Crippen molar-refractivity contribution in [2.45, 2.75) is 11.7 Å². The monoisotopic (exact) mass is 442 g/mol. The SMILES string of the molecule is C=CCn1c(SCC(=O)N(C)c2ccccc2)nnc1-c1ccc(Br)cc1. The lowest BCUT2D eigenvalue weighted by Crippen LogP contribution is -2.27. The molecule has 0 aliphatic heterocycles. The van der Waals surface area contributed by atoms with Gasteiger partial charge in [-0.05, 0) is 24.3 Å². The summed E-state index contributed by atoms with van der Waals surface area (Å²) in [5.41, 5.74) is 1.83. The van der Waals surface area contributed by atoms with Gasteiger partial charge in [0.1, 0.15) is 0 Å². The molecule has 0 saturated carbocycles. The van der Waals surface area contributed by atoms with Crippen LogP contribution in [0, 0.1) is 0 Å². The van der Waals surface area contributed by atoms with Crippen LogP contribution in [0.3, 0.4) is 0 Å². The van der Waals surface area contributed by atoms with E-state index >= 15 is 0 Å². The smallest absolute Gasteiger partial charge is 0.237 e. The van der Waals surface area contributed by atoms with Gasteiger partial charge in [-0.25, -0.2) is 0 Å². The van der Waals surface area contributed by atoms with E-state index in [2.05, 4.69) is 32.7 Å². The van der Waals surface area contributed by atoms with E-state index in [0.717, 1.165) is 21.5 Å². The Labute approximate surface area is 171 Å². The van der Waals surface area contributed by atoms with Crippen molar-refractivity contribution in [2.24, 2.45) is 0 Å². The number of amides is 1. The first-order valence-electron chi connectivity index (χ1n) is 8.34. The topological polar surface area (TPSA) is 51.0 Å². The molecule has 0 saturated heterocycles. The van der Waals surface area contributed by atoms with E-state index < -0.39 is 0 Å². The molecule has 1 amide bonds. The third-order valence-corrected chi connectivity index (χ3v) is 5.45. The first kappa shape index (κ1) is 19.4. The van der Waals surface area contributed by atoms with E-state index in [9.17, 15) is 4.79 Å². The normalized spacial score (nSPS) is 10.6. The summed E-state index contributed by atoms with van der Waals surface area (Å²) in [6.45, 7) is 4.39. The van der Waals surface area contributed by atoms with E-state index in [1.807, 2.05) is 59.2 Å². The number of anilines is 1. The fourth-order valence-corrected chi connectivity index (χ4v) is 3.65. The molecule has 0 bridgehead atoms. The second-order valence-electron chi connectivity index (χ2n) is 5.79. The quantitative estimate of drug-likeness (QED) is 0.394. The zero-order valence-corrected chi connectivity index (χ0v) is 17.3. The zero-order valence-electron chi connectivity index (χ0n) is 14.9. The number of halogens is 1. The Morgan fingerprint density at radius 1 is 1.19 bits per heavy atom. The summed E-state index contributed by atoms with van der Waals surface area (Å²) in [6.07, 6.45) is 1.80. The lowest BCUT2D eigenvalue weighted by molar-refractivity contribution is -0.115. The summed E-state index contributed by atoms with van der Waals surface area (Å²) < 4.78 is 2.97. The number of carbonyl (C=O) groups is 1. The van der Waals surface area contributed by atoms with E-state index in [4.69, 9.17) is 0 Å². The summed E-state index contributed by atoms with van der Waals surface area (Å²) in [7, 11) is 1.78. The van der Waals surface area contributed by atoms with Crippen molar-refractivity contribution < 1.29 is 4.79 Å². The highest BCUT2D eigenvalue weighted by Gasteiger charge is 2.17. The molecule has 27 heavy (non-hydrogen) atoms. The maximum absolute atomic E-state index is 12.5. The number of aromatic nitrogens is 3. The molecule has 1 heterocycles. The van der Waals surface area contributed by atoms with E-state index in [0.29, 0.717) is 11.7 Å². The van der Waals surface area contributed by atoms with Crippen molar-refractivity contribution in [1.29, 1.82) is 0 Å². The molecule has 2 aromatic carbocycles. The van der Waals surface area contributed by atoms with Gasteiger partial charge in [0.15, 0.2) is 11.0 Å². The number of nitrogens with zero attached hydrogens (tertiary/aromatic N) is 4. The number of hydrogen-bond acceptors (Lipinski definition) is 4. The van der Waals surface area contributed by atoms with Crippen LogP contribution in [-0.2, 0) is 11.3 Å². The van der Waals surface area contributed by atoms with Crippen LogP contribution in [0.15, 0.2) is 76.9 Å². The van der Waals surface area contributed by atoms with E-state index in [-0.39, 0.29) is 11.7 Å². The van der Waals surface area contributed by atoms with Crippen LogP contribution in [0.25, 0.3) is 11.4 Å².